The standard InChI is InChI=1S/C16H13Cl2NO3/c1-8-14(9(2)20)11(7-13(19-8)16(21)22-3)10-5-4-6-12(17)15(10)18/h4-7H,1-3H3. The lowest BCUT2D eigenvalue weighted by Crippen LogP contribution is -2.10. The van der Waals surface area contributed by atoms with Crippen molar-refractivity contribution in [2.45, 2.75) is 13.8 Å². The summed E-state index contributed by atoms with van der Waals surface area (Å²) in [5.74, 6) is -0.759. The molecule has 22 heavy (non-hydrogen) atoms. The van der Waals surface area contributed by atoms with E-state index < -0.39 is 5.97 Å². The maximum Gasteiger partial charge on any atom is 0.356 e. The van der Waals surface area contributed by atoms with Crippen LogP contribution in [0.2, 0.25) is 10.0 Å². The number of rotatable bonds is 3. The Morgan fingerprint density at radius 2 is 1.86 bits per heavy atom. The van der Waals surface area contributed by atoms with Gasteiger partial charge in [0, 0.05) is 16.8 Å². The molecule has 114 valence electrons. The van der Waals surface area contributed by atoms with Crippen molar-refractivity contribution in [1.82, 2.24) is 4.98 Å². The minimum Gasteiger partial charge on any atom is -0.464 e. The van der Waals surface area contributed by atoms with Gasteiger partial charge in [0.25, 0.3) is 0 Å². The lowest BCUT2D eigenvalue weighted by molar-refractivity contribution is 0.0593. The first kappa shape index (κ1) is 16.5. The summed E-state index contributed by atoms with van der Waals surface area (Å²) in [5.41, 5.74) is 2.01. The van der Waals surface area contributed by atoms with Crippen LogP contribution in [-0.2, 0) is 4.74 Å². The first-order valence-corrected chi connectivity index (χ1v) is 7.17. The van der Waals surface area contributed by atoms with E-state index in [4.69, 9.17) is 27.9 Å². The van der Waals surface area contributed by atoms with Gasteiger partial charge in [-0.15, -0.1) is 0 Å². The van der Waals surface area contributed by atoms with Crippen molar-refractivity contribution in [3.63, 3.8) is 0 Å². The second-order valence-electron chi connectivity index (χ2n) is 4.66. The highest BCUT2D eigenvalue weighted by atomic mass is 35.5. The Bertz CT molecular complexity index is 772. The predicted octanol–water partition coefficient (Wildman–Crippen LogP) is 4.35. The molecule has 0 saturated carbocycles. The molecule has 0 aliphatic heterocycles. The average Bonchev–Trinajstić information content (AvgIpc) is 2.47. The molecule has 1 aromatic carbocycles. The summed E-state index contributed by atoms with van der Waals surface area (Å²) in [7, 11) is 1.27. The minimum absolute atomic E-state index is 0.107. The van der Waals surface area contributed by atoms with E-state index in [1.165, 1.54) is 20.1 Å². The summed E-state index contributed by atoms with van der Waals surface area (Å²) in [6.45, 7) is 3.09. The number of carbonyl (C=O) groups is 2. The largest absolute Gasteiger partial charge is 0.464 e. The number of hydrogen-bond donors (Lipinski definition) is 0. The zero-order valence-electron chi connectivity index (χ0n) is 12.2. The number of halogens is 2. The molecule has 0 fully saturated rings. The van der Waals surface area contributed by atoms with E-state index in [0.29, 0.717) is 32.4 Å². The van der Waals surface area contributed by atoms with Crippen molar-refractivity contribution in [2.24, 2.45) is 0 Å². The molecular weight excluding hydrogens is 325 g/mol. The number of aryl methyl sites for hydroxylation is 1. The number of esters is 1. The van der Waals surface area contributed by atoms with Gasteiger partial charge in [-0.2, -0.15) is 0 Å². The highest BCUT2D eigenvalue weighted by molar-refractivity contribution is 6.43. The fourth-order valence-corrected chi connectivity index (χ4v) is 2.65. The van der Waals surface area contributed by atoms with E-state index in [1.807, 2.05) is 0 Å². The van der Waals surface area contributed by atoms with Crippen LogP contribution < -0.4 is 0 Å². The molecule has 0 N–H and O–H groups in total. The van der Waals surface area contributed by atoms with Crippen LogP contribution in [0, 0.1) is 6.92 Å². The number of Topliss-reactive ketones (excluding diaryl/α,β-unsaturated/α-hetero) is 1. The van der Waals surface area contributed by atoms with Gasteiger partial charge < -0.3 is 4.74 Å². The zero-order chi connectivity index (χ0) is 16.4. The smallest absolute Gasteiger partial charge is 0.356 e. The molecule has 0 atom stereocenters. The predicted molar refractivity (Wildman–Crippen MR) is 85.8 cm³/mol. The van der Waals surface area contributed by atoms with Gasteiger partial charge in [-0.25, -0.2) is 9.78 Å². The Labute approximate surface area is 138 Å². The first-order chi connectivity index (χ1) is 10.4. The summed E-state index contributed by atoms with van der Waals surface area (Å²) < 4.78 is 4.69. The van der Waals surface area contributed by atoms with Crippen LogP contribution in [0.1, 0.15) is 33.5 Å². The Morgan fingerprint density at radius 3 is 2.45 bits per heavy atom. The maximum atomic E-state index is 12.0. The quantitative estimate of drug-likeness (QED) is 0.617. The Balaban J connectivity index is 2.82. The summed E-state index contributed by atoms with van der Waals surface area (Å²) in [6.07, 6.45) is 0. The molecule has 0 radical (unpaired) electrons. The van der Waals surface area contributed by atoms with Crippen molar-refractivity contribution in [3.8, 4) is 11.1 Å². The van der Waals surface area contributed by atoms with Gasteiger partial charge in [-0.3, -0.25) is 4.79 Å². The Morgan fingerprint density at radius 1 is 1.18 bits per heavy atom. The fraction of sp³-hybridized carbons (Fsp3) is 0.188. The van der Waals surface area contributed by atoms with Gasteiger partial charge in [0.15, 0.2) is 5.78 Å². The van der Waals surface area contributed by atoms with Crippen LogP contribution in [0.3, 0.4) is 0 Å². The second kappa shape index (κ2) is 6.46. The maximum absolute atomic E-state index is 12.0. The Kier molecular flexibility index (Phi) is 4.84. The molecular formula is C16H13Cl2NO3. The van der Waals surface area contributed by atoms with Gasteiger partial charge in [-0.1, -0.05) is 35.3 Å². The second-order valence-corrected chi connectivity index (χ2v) is 5.45. The van der Waals surface area contributed by atoms with E-state index in [-0.39, 0.29) is 11.5 Å². The molecule has 2 rings (SSSR count). The van der Waals surface area contributed by atoms with Gasteiger partial charge in [0.2, 0.25) is 0 Å². The fourth-order valence-electron chi connectivity index (χ4n) is 2.25. The summed E-state index contributed by atoms with van der Waals surface area (Å²) >= 11 is 12.3. The molecule has 1 heterocycles. The van der Waals surface area contributed by atoms with Crippen LogP contribution in [0.5, 0.6) is 0 Å². The van der Waals surface area contributed by atoms with Gasteiger partial charge >= 0.3 is 5.97 Å². The number of aromatic nitrogens is 1. The normalized spacial score (nSPS) is 10.4. The van der Waals surface area contributed by atoms with Crippen LogP contribution in [0.4, 0.5) is 0 Å². The number of carbonyl (C=O) groups excluding carboxylic acids is 2. The van der Waals surface area contributed by atoms with E-state index in [0.717, 1.165) is 0 Å². The highest BCUT2D eigenvalue weighted by Gasteiger charge is 2.20. The highest BCUT2D eigenvalue weighted by Crippen LogP contribution is 2.36. The Hall–Kier alpha value is -1.91. The SMILES string of the molecule is COC(=O)c1cc(-c2cccc(Cl)c2Cl)c(C(C)=O)c(C)n1. The molecule has 6 heteroatoms. The number of ether oxygens (including phenoxy) is 1. The summed E-state index contributed by atoms with van der Waals surface area (Å²) in [4.78, 5) is 27.9. The number of nitrogens with zero attached hydrogens (tertiary/aromatic N) is 1. The van der Waals surface area contributed by atoms with Gasteiger partial charge in [0.05, 0.1) is 17.2 Å². The van der Waals surface area contributed by atoms with E-state index >= 15 is 0 Å². The minimum atomic E-state index is -0.586. The van der Waals surface area contributed by atoms with Crippen LogP contribution in [0.25, 0.3) is 11.1 Å². The molecule has 0 aliphatic carbocycles. The third kappa shape index (κ3) is 2.98. The van der Waals surface area contributed by atoms with Gasteiger partial charge in [0.1, 0.15) is 5.69 Å². The third-order valence-electron chi connectivity index (χ3n) is 3.19. The van der Waals surface area contributed by atoms with Crippen LogP contribution in [-0.4, -0.2) is 23.8 Å². The molecule has 0 spiro atoms. The number of methoxy groups -OCH3 is 1. The first-order valence-electron chi connectivity index (χ1n) is 6.42. The number of hydrogen-bond acceptors (Lipinski definition) is 4. The van der Waals surface area contributed by atoms with Gasteiger partial charge in [-0.05, 0) is 31.5 Å². The lowest BCUT2D eigenvalue weighted by atomic mass is 9.95. The monoisotopic (exact) mass is 337 g/mol. The zero-order valence-corrected chi connectivity index (χ0v) is 13.7. The molecule has 0 bridgehead atoms. The van der Waals surface area contributed by atoms with Crippen molar-refractivity contribution in [3.05, 3.63) is 51.3 Å². The molecule has 0 unspecified atom stereocenters. The van der Waals surface area contributed by atoms with E-state index in [9.17, 15) is 9.59 Å². The molecule has 0 aliphatic rings. The summed E-state index contributed by atoms with van der Waals surface area (Å²) in [5, 5.41) is 0.677. The van der Waals surface area contributed by atoms with E-state index in [1.54, 1.807) is 25.1 Å². The average molecular weight is 338 g/mol. The molecule has 0 amide bonds. The lowest BCUT2D eigenvalue weighted by Gasteiger charge is -2.13. The molecule has 0 saturated heterocycles. The van der Waals surface area contributed by atoms with Crippen LogP contribution >= 0.6 is 23.2 Å². The molecule has 4 nitrogen and oxygen atoms in total. The van der Waals surface area contributed by atoms with Crippen molar-refractivity contribution < 1.29 is 14.3 Å². The third-order valence-corrected chi connectivity index (χ3v) is 4.01. The van der Waals surface area contributed by atoms with E-state index in [2.05, 4.69) is 4.98 Å². The van der Waals surface area contributed by atoms with Crippen LogP contribution in [0.15, 0.2) is 24.3 Å². The number of benzene rings is 1. The summed E-state index contributed by atoms with van der Waals surface area (Å²) in [6, 6.07) is 6.60. The number of pyridine rings is 1. The van der Waals surface area contributed by atoms with Crippen molar-refractivity contribution >= 4 is 35.0 Å². The van der Waals surface area contributed by atoms with Crippen molar-refractivity contribution in [1.29, 1.82) is 0 Å². The number of ketones is 1. The molecule has 2 aromatic rings. The molecule has 1 aromatic heterocycles. The van der Waals surface area contributed by atoms with Crippen molar-refractivity contribution in [2.75, 3.05) is 7.11 Å². The topological polar surface area (TPSA) is 56.3 Å².